The minimum Gasteiger partial charge on any atom is -0.492 e. The molecular formula is C22H32N4OS. The number of hydrogen-bond acceptors (Lipinski definition) is 4. The van der Waals surface area contributed by atoms with Gasteiger partial charge in [0.15, 0.2) is 5.96 Å². The van der Waals surface area contributed by atoms with Gasteiger partial charge in [0.1, 0.15) is 12.4 Å². The van der Waals surface area contributed by atoms with Gasteiger partial charge in [-0.05, 0) is 62.2 Å². The van der Waals surface area contributed by atoms with Crippen LogP contribution < -0.4 is 15.4 Å². The molecule has 0 atom stereocenters. The van der Waals surface area contributed by atoms with Crippen LogP contribution in [0.2, 0.25) is 0 Å². The van der Waals surface area contributed by atoms with Gasteiger partial charge in [-0.25, -0.2) is 0 Å². The van der Waals surface area contributed by atoms with Gasteiger partial charge in [-0.1, -0.05) is 24.3 Å². The third-order valence-electron chi connectivity index (χ3n) is 4.28. The van der Waals surface area contributed by atoms with Crippen LogP contribution in [0.5, 0.6) is 5.75 Å². The second-order valence-corrected chi connectivity index (χ2v) is 7.74. The molecule has 0 saturated heterocycles. The summed E-state index contributed by atoms with van der Waals surface area (Å²) in [6.45, 7) is 5.13. The van der Waals surface area contributed by atoms with Crippen LogP contribution >= 0.6 is 11.8 Å². The SMILES string of the molecule is CN=C(NCc1cccc(OCCN(C)C)c1)NCc1ccc(C)cc1SC. The van der Waals surface area contributed by atoms with E-state index in [0.29, 0.717) is 13.2 Å². The normalized spacial score (nSPS) is 11.6. The number of benzene rings is 2. The first-order valence-electron chi connectivity index (χ1n) is 9.46. The van der Waals surface area contributed by atoms with Gasteiger partial charge >= 0.3 is 0 Å². The van der Waals surface area contributed by atoms with Gasteiger partial charge < -0.3 is 20.3 Å². The van der Waals surface area contributed by atoms with Crippen molar-refractivity contribution in [2.24, 2.45) is 4.99 Å². The summed E-state index contributed by atoms with van der Waals surface area (Å²) in [5, 5.41) is 6.77. The molecule has 2 aromatic rings. The molecule has 28 heavy (non-hydrogen) atoms. The Morgan fingerprint density at radius 1 is 1.11 bits per heavy atom. The summed E-state index contributed by atoms with van der Waals surface area (Å²) < 4.78 is 5.81. The Bertz CT molecular complexity index is 777. The van der Waals surface area contributed by atoms with Gasteiger partial charge in [-0.15, -0.1) is 11.8 Å². The molecule has 0 spiro atoms. The number of aryl methyl sites for hydroxylation is 1. The maximum absolute atomic E-state index is 5.81. The molecule has 0 aromatic heterocycles. The lowest BCUT2D eigenvalue weighted by atomic mass is 10.1. The Kier molecular flexibility index (Phi) is 9.17. The lowest BCUT2D eigenvalue weighted by Gasteiger charge is -2.15. The molecule has 0 fully saturated rings. The van der Waals surface area contributed by atoms with Gasteiger partial charge in [0.05, 0.1) is 0 Å². The van der Waals surface area contributed by atoms with Gasteiger partial charge in [0.2, 0.25) is 0 Å². The maximum Gasteiger partial charge on any atom is 0.191 e. The molecule has 0 amide bonds. The molecule has 0 saturated carbocycles. The van der Waals surface area contributed by atoms with Crippen LogP contribution in [0.1, 0.15) is 16.7 Å². The first kappa shape index (κ1) is 22.1. The lowest BCUT2D eigenvalue weighted by molar-refractivity contribution is 0.261. The Morgan fingerprint density at radius 2 is 1.89 bits per heavy atom. The van der Waals surface area contributed by atoms with E-state index in [0.717, 1.165) is 30.4 Å². The first-order chi connectivity index (χ1) is 13.5. The standard InChI is InChI=1S/C22H32N4OS/c1-17-9-10-19(21(13-17)28-5)16-25-22(23-2)24-15-18-7-6-8-20(14-18)27-12-11-26(3)4/h6-10,13-14H,11-12,15-16H2,1-5H3,(H2,23,24,25). The summed E-state index contributed by atoms with van der Waals surface area (Å²) >= 11 is 1.77. The van der Waals surface area contributed by atoms with Crippen molar-refractivity contribution < 1.29 is 4.74 Å². The monoisotopic (exact) mass is 400 g/mol. The molecule has 0 aliphatic heterocycles. The zero-order valence-electron chi connectivity index (χ0n) is 17.6. The van der Waals surface area contributed by atoms with Crippen LogP contribution in [0, 0.1) is 6.92 Å². The molecule has 0 aliphatic carbocycles. The van der Waals surface area contributed by atoms with Crippen molar-refractivity contribution in [3.63, 3.8) is 0 Å². The molecule has 0 aliphatic rings. The highest BCUT2D eigenvalue weighted by atomic mass is 32.2. The number of likely N-dealkylation sites (N-methyl/N-ethyl adjacent to an activating group) is 1. The molecule has 2 aromatic carbocycles. The molecule has 0 heterocycles. The third kappa shape index (κ3) is 7.44. The van der Waals surface area contributed by atoms with Crippen LogP contribution in [0.3, 0.4) is 0 Å². The van der Waals surface area contributed by atoms with Gasteiger partial charge in [0, 0.05) is 31.6 Å². The van der Waals surface area contributed by atoms with Crippen molar-refractivity contribution in [1.82, 2.24) is 15.5 Å². The average Bonchev–Trinajstić information content (AvgIpc) is 2.69. The van der Waals surface area contributed by atoms with E-state index in [4.69, 9.17) is 4.74 Å². The predicted octanol–water partition coefficient (Wildman–Crippen LogP) is 3.52. The highest BCUT2D eigenvalue weighted by molar-refractivity contribution is 7.98. The first-order valence-corrected chi connectivity index (χ1v) is 10.7. The second kappa shape index (κ2) is 11.6. The van der Waals surface area contributed by atoms with E-state index in [1.807, 2.05) is 26.2 Å². The zero-order chi connectivity index (χ0) is 20.4. The second-order valence-electron chi connectivity index (χ2n) is 6.89. The minimum absolute atomic E-state index is 0.682. The summed E-state index contributed by atoms with van der Waals surface area (Å²) in [6.07, 6.45) is 2.11. The number of nitrogens with zero attached hydrogens (tertiary/aromatic N) is 2. The van der Waals surface area contributed by atoms with E-state index < -0.39 is 0 Å². The molecule has 2 rings (SSSR count). The molecule has 0 unspecified atom stereocenters. The van der Waals surface area contributed by atoms with Crippen molar-refractivity contribution in [2.45, 2.75) is 24.9 Å². The van der Waals surface area contributed by atoms with E-state index in [9.17, 15) is 0 Å². The minimum atomic E-state index is 0.682. The Hall–Kier alpha value is -2.18. The van der Waals surface area contributed by atoms with Gasteiger partial charge in [-0.3, -0.25) is 4.99 Å². The van der Waals surface area contributed by atoms with Crippen molar-refractivity contribution in [2.75, 3.05) is 40.6 Å². The number of ether oxygens (including phenoxy) is 1. The molecule has 2 N–H and O–H groups in total. The third-order valence-corrected chi connectivity index (χ3v) is 5.10. The molecule has 0 radical (unpaired) electrons. The van der Waals surface area contributed by atoms with Crippen LogP contribution in [-0.2, 0) is 13.1 Å². The molecule has 0 bridgehead atoms. The van der Waals surface area contributed by atoms with Crippen molar-refractivity contribution >= 4 is 17.7 Å². The smallest absolute Gasteiger partial charge is 0.191 e. The fraction of sp³-hybridized carbons (Fsp3) is 0.409. The molecule has 5 nitrogen and oxygen atoms in total. The van der Waals surface area contributed by atoms with Crippen molar-refractivity contribution in [1.29, 1.82) is 0 Å². The topological polar surface area (TPSA) is 48.9 Å². The molecule has 152 valence electrons. The highest BCUT2D eigenvalue weighted by Gasteiger charge is 2.05. The summed E-state index contributed by atoms with van der Waals surface area (Å²) in [5.41, 5.74) is 3.71. The molecular weight excluding hydrogens is 368 g/mol. The van der Waals surface area contributed by atoms with E-state index in [-0.39, 0.29) is 0 Å². The summed E-state index contributed by atoms with van der Waals surface area (Å²) in [7, 11) is 5.88. The Balaban J connectivity index is 1.87. The maximum atomic E-state index is 5.81. The van der Waals surface area contributed by atoms with Crippen LogP contribution in [0.4, 0.5) is 0 Å². The Labute approximate surface area is 173 Å². The molecule has 6 heteroatoms. The highest BCUT2D eigenvalue weighted by Crippen LogP contribution is 2.21. The van der Waals surface area contributed by atoms with Crippen LogP contribution in [0.15, 0.2) is 52.4 Å². The van der Waals surface area contributed by atoms with Crippen LogP contribution in [-0.4, -0.2) is 51.4 Å². The quantitative estimate of drug-likeness (QED) is 0.383. The van der Waals surface area contributed by atoms with Gasteiger partial charge in [-0.2, -0.15) is 0 Å². The van der Waals surface area contributed by atoms with E-state index >= 15 is 0 Å². The van der Waals surface area contributed by atoms with Gasteiger partial charge in [0.25, 0.3) is 0 Å². The summed E-state index contributed by atoms with van der Waals surface area (Å²) in [6, 6.07) is 14.7. The van der Waals surface area contributed by atoms with Crippen LogP contribution in [0.25, 0.3) is 0 Å². The summed E-state index contributed by atoms with van der Waals surface area (Å²) in [4.78, 5) is 7.74. The average molecular weight is 401 g/mol. The summed E-state index contributed by atoms with van der Waals surface area (Å²) in [5.74, 6) is 1.68. The van der Waals surface area contributed by atoms with E-state index in [2.05, 4.69) is 64.0 Å². The van der Waals surface area contributed by atoms with E-state index in [1.165, 1.54) is 16.0 Å². The van der Waals surface area contributed by atoms with Crippen molar-refractivity contribution in [3.05, 3.63) is 59.2 Å². The number of aliphatic imine (C=N–C) groups is 1. The number of guanidine groups is 1. The van der Waals surface area contributed by atoms with Crippen molar-refractivity contribution in [3.8, 4) is 5.75 Å². The fourth-order valence-electron chi connectivity index (χ4n) is 2.67. The van der Waals surface area contributed by atoms with E-state index in [1.54, 1.807) is 18.8 Å². The number of thioether (sulfide) groups is 1. The zero-order valence-corrected chi connectivity index (χ0v) is 18.4. The number of rotatable bonds is 9. The number of nitrogens with one attached hydrogen (secondary N) is 2. The Morgan fingerprint density at radius 3 is 2.61 bits per heavy atom. The predicted molar refractivity (Wildman–Crippen MR) is 120 cm³/mol. The lowest BCUT2D eigenvalue weighted by Crippen LogP contribution is -2.36. The largest absolute Gasteiger partial charge is 0.492 e. The fourth-order valence-corrected chi connectivity index (χ4v) is 3.38. The number of hydrogen-bond donors (Lipinski definition) is 2.